The zero-order chi connectivity index (χ0) is 22.2. The maximum absolute atomic E-state index is 12.7. The zero-order valence-electron chi connectivity index (χ0n) is 16.6. The van der Waals surface area contributed by atoms with Gasteiger partial charge in [0.1, 0.15) is 4.21 Å². The van der Waals surface area contributed by atoms with Crippen LogP contribution in [-0.2, 0) is 10.0 Å². The van der Waals surface area contributed by atoms with Crippen LogP contribution in [0.3, 0.4) is 0 Å². The largest absolute Gasteiger partial charge is 0.388 e. The van der Waals surface area contributed by atoms with Crippen molar-refractivity contribution in [2.24, 2.45) is 0 Å². The van der Waals surface area contributed by atoms with Gasteiger partial charge in [-0.3, -0.25) is 9.78 Å². The van der Waals surface area contributed by atoms with Gasteiger partial charge in [0.25, 0.3) is 10.0 Å². The number of ketones is 1. The zero-order valence-corrected chi connectivity index (χ0v) is 18.2. The van der Waals surface area contributed by atoms with E-state index in [1.165, 1.54) is 12.3 Å². The normalized spacial score (nSPS) is 12.8. The number of urea groups is 1. The second kappa shape index (κ2) is 7.97. The predicted molar refractivity (Wildman–Crippen MR) is 121 cm³/mol. The molecule has 0 fully saturated rings. The first-order valence-electron chi connectivity index (χ1n) is 9.22. The highest BCUT2D eigenvalue weighted by Gasteiger charge is 2.25. The summed E-state index contributed by atoms with van der Waals surface area (Å²) < 4.78 is 26.5. The summed E-state index contributed by atoms with van der Waals surface area (Å²) in [6.45, 7) is 1.78. The molecule has 0 saturated carbocycles. The van der Waals surface area contributed by atoms with E-state index in [1.54, 1.807) is 44.3 Å². The SMILES string of the molecule is CNc1ccc2c(c1)C=C(c1ccc(NC(=O)NS(=O)(=O)c3ccc(C)s3)cn1)C2=O. The van der Waals surface area contributed by atoms with Crippen molar-refractivity contribution < 1.29 is 18.0 Å². The van der Waals surface area contributed by atoms with Gasteiger partial charge in [0.2, 0.25) is 0 Å². The molecule has 158 valence electrons. The van der Waals surface area contributed by atoms with Crippen LogP contribution >= 0.6 is 11.3 Å². The van der Waals surface area contributed by atoms with Crippen LogP contribution in [0.4, 0.5) is 16.2 Å². The van der Waals surface area contributed by atoms with E-state index in [1.807, 2.05) is 16.9 Å². The van der Waals surface area contributed by atoms with Gasteiger partial charge >= 0.3 is 6.03 Å². The summed E-state index contributed by atoms with van der Waals surface area (Å²) in [5.41, 5.74) is 3.51. The number of nitrogens with one attached hydrogen (secondary N) is 3. The Balaban J connectivity index is 1.46. The number of carbonyl (C=O) groups is 2. The van der Waals surface area contributed by atoms with Crippen LogP contribution in [0.15, 0.2) is 52.9 Å². The second-order valence-corrected chi connectivity index (χ2v) is 9.99. The topological polar surface area (TPSA) is 117 Å². The lowest BCUT2D eigenvalue weighted by atomic mass is 10.1. The molecular formula is C21H18N4O4S2. The first-order valence-corrected chi connectivity index (χ1v) is 11.5. The van der Waals surface area contributed by atoms with Gasteiger partial charge in [0, 0.05) is 28.7 Å². The van der Waals surface area contributed by atoms with E-state index in [2.05, 4.69) is 15.6 Å². The minimum atomic E-state index is -3.95. The number of amides is 2. The number of carbonyl (C=O) groups excluding carboxylic acids is 2. The standard InChI is InChI=1S/C21H18N4O4S2/c1-12-3-8-19(30-12)31(28,29)25-21(27)24-15-5-7-18(23-11-15)17-10-13-9-14(22-2)4-6-16(13)20(17)26/h3-11,22H,1-2H3,(H2,24,25,27). The molecule has 0 radical (unpaired) electrons. The molecule has 1 aliphatic carbocycles. The molecule has 0 spiro atoms. The van der Waals surface area contributed by atoms with E-state index in [4.69, 9.17) is 0 Å². The maximum Gasteiger partial charge on any atom is 0.333 e. The van der Waals surface area contributed by atoms with Crippen LogP contribution in [-0.4, -0.2) is 32.3 Å². The van der Waals surface area contributed by atoms with Crippen LogP contribution in [0.1, 0.15) is 26.5 Å². The van der Waals surface area contributed by atoms with Gasteiger partial charge in [0.05, 0.1) is 17.6 Å². The third-order valence-electron chi connectivity index (χ3n) is 4.63. The smallest absolute Gasteiger partial charge is 0.333 e. The predicted octanol–water partition coefficient (Wildman–Crippen LogP) is 3.74. The van der Waals surface area contributed by atoms with Crippen molar-refractivity contribution in [1.29, 1.82) is 0 Å². The average Bonchev–Trinajstić information content (AvgIpc) is 3.32. The summed E-state index contributed by atoms with van der Waals surface area (Å²) in [4.78, 5) is 29.9. The molecule has 2 heterocycles. The quantitative estimate of drug-likeness (QED) is 0.541. The molecule has 3 aromatic rings. The molecule has 31 heavy (non-hydrogen) atoms. The first kappa shape index (κ1) is 20.8. The Kier molecular flexibility index (Phi) is 5.34. The molecule has 8 nitrogen and oxygen atoms in total. The third kappa shape index (κ3) is 4.21. The maximum atomic E-state index is 12.7. The molecule has 1 aliphatic rings. The van der Waals surface area contributed by atoms with Gasteiger partial charge < -0.3 is 10.6 Å². The molecule has 0 bridgehead atoms. The highest BCUT2D eigenvalue weighted by atomic mass is 32.2. The summed E-state index contributed by atoms with van der Waals surface area (Å²) in [5, 5.41) is 5.47. The van der Waals surface area contributed by atoms with Crippen LogP contribution in [0, 0.1) is 6.92 Å². The molecule has 3 N–H and O–H groups in total. The first-order chi connectivity index (χ1) is 14.8. The molecule has 2 amide bonds. The van der Waals surface area contributed by atoms with E-state index < -0.39 is 16.1 Å². The van der Waals surface area contributed by atoms with E-state index in [0.717, 1.165) is 27.5 Å². The number of hydrogen-bond acceptors (Lipinski definition) is 7. The van der Waals surface area contributed by atoms with Crippen LogP contribution in [0.2, 0.25) is 0 Å². The van der Waals surface area contributed by atoms with Gasteiger partial charge in [-0.1, -0.05) is 0 Å². The lowest BCUT2D eigenvalue weighted by molar-refractivity contribution is 0.105. The van der Waals surface area contributed by atoms with Crippen LogP contribution in [0.5, 0.6) is 0 Å². The number of anilines is 2. The number of rotatable bonds is 5. The number of aromatic nitrogens is 1. The number of sulfonamides is 1. The number of Topliss-reactive ketones (excluding diaryl/α,β-unsaturated/α-hetero) is 1. The van der Waals surface area contributed by atoms with Crippen molar-refractivity contribution in [3.8, 4) is 0 Å². The Bertz CT molecular complexity index is 1330. The van der Waals surface area contributed by atoms with Gasteiger partial charge in [-0.15, -0.1) is 11.3 Å². The van der Waals surface area contributed by atoms with Crippen LogP contribution in [0.25, 0.3) is 11.6 Å². The van der Waals surface area contributed by atoms with E-state index >= 15 is 0 Å². The molecule has 0 unspecified atom stereocenters. The fraction of sp³-hybridized carbons (Fsp3) is 0.0952. The molecule has 1 aromatic carbocycles. The Labute approximate surface area is 183 Å². The summed E-state index contributed by atoms with van der Waals surface area (Å²) in [7, 11) is -2.14. The summed E-state index contributed by atoms with van der Waals surface area (Å²) in [6.07, 6.45) is 3.14. The second-order valence-electron chi connectivity index (χ2n) is 6.80. The van der Waals surface area contributed by atoms with Crippen molar-refractivity contribution in [2.75, 3.05) is 17.7 Å². The monoisotopic (exact) mass is 454 g/mol. The summed E-state index contributed by atoms with van der Waals surface area (Å²) >= 11 is 1.07. The Hall–Kier alpha value is -3.50. The van der Waals surface area contributed by atoms with Crippen molar-refractivity contribution in [1.82, 2.24) is 9.71 Å². The lowest BCUT2D eigenvalue weighted by Crippen LogP contribution is -2.34. The van der Waals surface area contributed by atoms with Crippen molar-refractivity contribution in [2.45, 2.75) is 11.1 Å². The van der Waals surface area contributed by atoms with Crippen molar-refractivity contribution in [3.05, 3.63) is 70.4 Å². The van der Waals surface area contributed by atoms with Gasteiger partial charge in [-0.25, -0.2) is 17.9 Å². The Morgan fingerprint density at radius 2 is 1.84 bits per heavy atom. The number of allylic oxidation sites excluding steroid dienone is 1. The molecule has 0 atom stereocenters. The number of benzene rings is 1. The molecule has 4 rings (SSSR count). The molecule has 0 aliphatic heterocycles. The molecule has 10 heteroatoms. The summed E-state index contributed by atoms with van der Waals surface area (Å²) in [6, 6.07) is 10.8. The van der Waals surface area contributed by atoms with Crippen LogP contribution < -0.4 is 15.4 Å². The fourth-order valence-electron chi connectivity index (χ4n) is 3.11. The number of thiophene rings is 1. The number of hydrogen-bond donors (Lipinski definition) is 3. The number of aryl methyl sites for hydroxylation is 1. The summed E-state index contributed by atoms with van der Waals surface area (Å²) in [5.74, 6) is -0.124. The minimum Gasteiger partial charge on any atom is -0.388 e. The van der Waals surface area contributed by atoms with Crippen molar-refractivity contribution >= 4 is 56.2 Å². The van der Waals surface area contributed by atoms with Crippen molar-refractivity contribution in [3.63, 3.8) is 0 Å². The number of pyridine rings is 1. The third-order valence-corrected chi connectivity index (χ3v) is 7.46. The Morgan fingerprint density at radius 1 is 1.06 bits per heavy atom. The average molecular weight is 455 g/mol. The highest BCUT2D eigenvalue weighted by molar-refractivity contribution is 7.92. The number of nitrogens with zero attached hydrogens (tertiary/aromatic N) is 1. The lowest BCUT2D eigenvalue weighted by Gasteiger charge is -2.08. The molecular weight excluding hydrogens is 436 g/mol. The van der Waals surface area contributed by atoms with E-state index in [9.17, 15) is 18.0 Å². The van der Waals surface area contributed by atoms with Gasteiger partial charge in [-0.05, 0) is 61.0 Å². The fourth-order valence-corrected chi connectivity index (χ4v) is 5.30. The van der Waals surface area contributed by atoms with E-state index in [-0.39, 0.29) is 9.99 Å². The van der Waals surface area contributed by atoms with Gasteiger partial charge in [-0.2, -0.15) is 0 Å². The number of fused-ring (bicyclic) bond motifs is 1. The van der Waals surface area contributed by atoms with E-state index in [0.29, 0.717) is 22.5 Å². The molecule has 2 aromatic heterocycles. The molecule has 0 saturated heterocycles. The van der Waals surface area contributed by atoms with Gasteiger partial charge in [0.15, 0.2) is 5.78 Å². The minimum absolute atomic E-state index is 0.0568. The highest BCUT2D eigenvalue weighted by Crippen LogP contribution is 2.32. The Morgan fingerprint density at radius 3 is 2.48 bits per heavy atom.